The Balaban J connectivity index is 1.77. The maximum atomic E-state index is 11.8. The predicted molar refractivity (Wildman–Crippen MR) is 81.3 cm³/mol. The van der Waals surface area contributed by atoms with E-state index in [0.29, 0.717) is 0 Å². The van der Waals surface area contributed by atoms with Gasteiger partial charge in [0.15, 0.2) is 6.61 Å². The normalized spacial score (nSPS) is 16.5. The number of nitriles is 1. The highest BCUT2D eigenvalue weighted by atomic mass is 16.5. The number of ether oxygens (including phenoxy) is 1. The van der Waals surface area contributed by atoms with Gasteiger partial charge in [0, 0.05) is 6.08 Å². The minimum atomic E-state index is -0.872. The number of hydrogen-bond acceptors (Lipinski definition) is 4. The van der Waals surface area contributed by atoms with Crippen LogP contribution >= 0.6 is 0 Å². The zero-order valence-corrected chi connectivity index (χ0v) is 12.4. The molecule has 1 aliphatic rings. The van der Waals surface area contributed by atoms with E-state index in [2.05, 4.69) is 11.4 Å². The maximum Gasteiger partial charge on any atom is 0.331 e. The lowest BCUT2D eigenvalue weighted by Crippen LogP contribution is -2.48. The molecular formula is C17H18N2O3. The fraction of sp³-hybridized carbons (Fsp3) is 0.353. The first-order valence-corrected chi connectivity index (χ1v) is 7.15. The van der Waals surface area contributed by atoms with E-state index in [1.54, 1.807) is 13.0 Å². The molecule has 1 saturated carbocycles. The third-order valence-corrected chi connectivity index (χ3v) is 3.58. The van der Waals surface area contributed by atoms with Crippen molar-refractivity contribution in [1.82, 2.24) is 5.32 Å². The second kappa shape index (κ2) is 6.90. The van der Waals surface area contributed by atoms with Crippen molar-refractivity contribution in [3.05, 3.63) is 42.0 Å². The van der Waals surface area contributed by atoms with Gasteiger partial charge in [0.2, 0.25) is 0 Å². The van der Waals surface area contributed by atoms with Gasteiger partial charge in [-0.3, -0.25) is 4.79 Å². The van der Waals surface area contributed by atoms with Gasteiger partial charge in [-0.15, -0.1) is 0 Å². The van der Waals surface area contributed by atoms with Crippen LogP contribution in [0.3, 0.4) is 0 Å². The maximum absolute atomic E-state index is 11.8. The third-order valence-electron chi connectivity index (χ3n) is 3.58. The highest BCUT2D eigenvalue weighted by molar-refractivity contribution is 5.89. The van der Waals surface area contributed by atoms with Crippen LogP contribution in [0.2, 0.25) is 0 Å². The summed E-state index contributed by atoms with van der Waals surface area (Å²) in [5.41, 5.74) is -0.00157. The van der Waals surface area contributed by atoms with Crippen LogP contribution < -0.4 is 5.32 Å². The van der Waals surface area contributed by atoms with Gasteiger partial charge in [-0.2, -0.15) is 5.26 Å². The molecule has 0 saturated heterocycles. The Morgan fingerprint density at radius 3 is 2.68 bits per heavy atom. The van der Waals surface area contributed by atoms with E-state index in [1.807, 2.05) is 30.3 Å². The second-order valence-corrected chi connectivity index (χ2v) is 5.49. The summed E-state index contributed by atoms with van der Waals surface area (Å²) in [6.45, 7) is 1.31. The number of nitrogens with zero attached hydrogens (tertiary/aromatic N) is 1. The first-order chi connectivity index (χ1) is 10.5. The molecule has 22 heavy (non-hydrogen) atoms. The van der Waals surface area contributed by atoms with Gasteiger partial charge >= 0.3 is 5.97 Å². The van der Waals surface area contributed by atoms with E-state index in [9.17, 15) is 9.59 Å². The van der Waals surface area contributed by atoms with Gasteiger partial charge in [-0.1, -0.05) is 30.3 Å². The van der Waals surface area contributed by atoms with Gasteiger partial charge in [0.25, 0.3) is 5.91 Å². The average molecular weight is 298 g/mol. The molecule has 1 aliphatic carbocycles. The molecule has 1 aromatic carbocycles. The molecule has 2 rings (SSSR count). The van der Waals surface area contributed by atoms with Crippen LogP contribution in [0.1, 0.15) is 25.3 Å². The van der Waals surface area contributed by atoms with Crippen LogP contribution in [0.15, 0.2) is 36.4 Å². The minimum absolute atomic E-state index is 0.190. The monoisotopic (exact) mass is 298 g/mol. The Morgan fingerprint density at radius 1 is 1.41 bits per heavy atom. The zero-order valence-electron chi connectivity index (χ0n) is 12.4. The van der Waals surface area contributed by atoms with Crippen molar-refractivity contribution in [3.8, 4) is 6.07 Å². The molecule has 1 aromatic rings. The molecule has 0 aliphatic heterocycles. The topological polar surface area (TPSA) is 79.2 Å². The molecule has 0 heterocycles. The highest BCUT2D eigenvalue weighted by Gasteiger charge is 2.43. The summed E-state index contributed by atoms with van der Waals surface area (Å²) in [6, 6.07) is 11.4. The Hall–Kier alpha value is -2.61. The van der Waals surface area contributed by atoms with Crippen LogP contribution in [-0.4, -0.2) is 24.0 Å². The molecule has 1 amide bonds. The van der Waals surface area contributed by atoms with Gasteiger partial charge < -0.3 is 10.1 Å². The number of carbonyl (C=O) groups is 2. The van der Waals surface area contributed by atoms with E-state index in [0.717, 1.165) is 18.4 Å². The Bertz CT molecular complexity index is 615. The lowest BCUT2D eigenvalue weighted by molar-refractivity contribution is -0.144. The fourth-order valence-electron chi connectivity index (χ4n) is 2.12. The number of rotatable bonds is 6. The van der Waals surface area contributed by atoms with Crippen molar-refractivity contribution < 1.29 is 14.3 Å². The largest absolute Gasteiger partial charge is 0.452 e. The number of benzene rings is 1. The molecule has 1 atom stereocenters. The smallest absolute Gasteiger partial charge is 0.331 e. The molecule has 0 radical (unpaired) electrons. The summed E-state index contributed by atoms with van der Waals surface area (Å²) < 4.78 is 4.87. The van der Waals surface area contributed by atoms with Crippen molar-refractivity contribution in [2.24, 2.45) is 5.92 Å². The van der Waals surface area contributed by atoms with Crippen molar-refractivity contribution in [2.45, 2.75) is 25.3 Å². The molecule has 114 valence electrons. The quantitative estimate of drug-likeness (QED) is 0.644. The first kappa shape index (κ1) is 15.8. The SMILES string of the molecule is C[C@](C#N)(NC(=O)COC(=O)/C=C/c1ccccc1)C1CC1. The molecule has 1 fully saturated rings. The average Bonchev–Trinajstić information content (AvgIpc) is 3.37. The van der Waals surface area contributed by atoms with Crippen molar-refractivity contribution in [2.75, 3.05) is 6.61 Å². The van der Waals surface area contributed by atoms with Crippen LogP contribution in [0.4, 0.5) is 0 Å². The van der Waals surface area contributed by atoms with Crippen LogP contribution in [0.25, 0.3) is 6.08 Å². The number of amides is 1. The van der Waals surface area contributed by atoms with E-state index in [-0.39, 0.29) is 12.5 Å². The predicted octanol–water partition coefficient (Wildman–Crippen LogP) is 2.05. The summed E-state index contributed by atoms with van der Waals surface area (Å²) in [4.78, 5) is 23.3. The van der Waals surface area contributed by atoms with Crippen LogP contribution in [0.5, 0.6) is 0 Å². The number of nitrogens with one attached hydrogen (secondary N) is 1. The fourth-order valence-corrected chi connectivity index (χ4v) is 2.12. The van der Waals surface area contributed by atoms with Gasteiger partial charge in [-0.25, -0.2) is 4.79 Å². The van der Waals surface area contributed by atoms with Crippen LogP contribution in [-0.2, 0) is 14.3 Å². The molecular weight excluding hydrogens is 280 g/mol. The van der Waals surface area contributed by atoms with Gasteiger partial charge in [0.1, 0.15) is 5.54 Å². The standard InChI is InChI=1S/C17H18N2O3/c1-17(12-18,14-8-9-14)19-15(20)11-22-16(21)10-7-13-5-3-2-4-6-13/h2-7,10,14H,8-9,11H2,1H3,(H,19,20)/b10-7+/t17-/m1/s1. The molecule has 5 nitrogen and oxygen atoms in total. The van der Waals surface area contributed by atoms with E-state index < -0.39 is 17.4 Å². The third kappa shape index (κ3) is 4.45. The molecule has 1 N–H and O–H groups in total. The summed E-state index contributed by atoms with van der Waals surface area (Å²) in [6.07, 6.45) is 4.75. The van der Waals surface area contributed by atoms with Crippen molar-refractivity contribution in [3.63, 3.8) is 0 Å². The van der Waals surface area contributed by atoms with Crippen LogP contribution in [0, 0.1) is 17.2 Å². The van der Waals surface area contributed by atoms with E-state index in [4.69, 9.17) is 10.00 Å². The molecule has 5 heteroatoms. The summed E-state index contributed by atoms with van der Waals surface area (Å²) in [5, 5.41) is 11.8. The highest BCUT2D eigenvalue weighted by Crippen LogP contribution is 2.39. The molecule has 0 spiro atoms. The molecule has 0 unspecified atom stereocenters. The summed E-state index contributed by atoms with van der Waals surface area (Å²) >= 11 is 0. The van der Waals surface area contributed by atoms with Crippen molar-refractivity contribution >= 4 is 18.0 Å². The lowest BCUT2D eigenvalue weighted by Gasteiger charge is -2.22. The summed E-state index contributed by atoms with van der Waals surface area (Å²) in [7, 11) is 0. The van der Waals surface area contributed by atoms with E-state index in [1.165, 1.54) is 6.08 Å². The zero-order chi connectivity index (χ0) is 16.0. The Kier molecular flexibility index (Phi) is 4.95. The lowest BCUT2D eigenvalue weighted by atomic mass is 9.98. The second-order valence-electron chi connectivity index (χ2n) is 5.49. The van der Waals surface area contributed by atoms with E-state index >= 15 is 0 Å². The Morgan fingerprint density at radius 2 is 2.09 bits per heavy atom. The Labute approximate surface area is 129 Å². The summed E-state index contributed by atoms with van der Waals surface area (Å²) in [5.74, 6) is -0.864. The van der Waals surface area contributed by atoms with Gasteiger partial charge in [-0.05, 0) is 37.3 Å². The first-order valence-electron chi connectivity index (χ1n) is 7.15. The number of carbonyl (C=O) groups excluding carboxylic acids is 2. The molecule has 0 bridgehead atoms. The molecule has 0 aromatic heterocycles. The van der Waals surface area contributed by atoms with Crippen molar-refractivity contribution in [1.29, 1.82) is 5.26 Å². The van der Waals surface area contributed by atoms with Gasteiger partial charge in [0.05, 0.1) is 6.07 Å². The number of hydrogen-bond donors (Lipinski definition) is 1. The minimum Gasteiger partial charge on any atom is -0.452 e. The number of esters is 1.